The van der Waals surface area contributed by atoms with Gasteiger partial charge in [0, 0.05) is 11.4 Å². The van der Waals surface area contributed by atoms with Crippen LogP contribution in [-0.2, 0) is 0 Å². The molecule has 0 atom stereocenters. The SMILES string of the molecule is CC(=O)n1cc([P+](O)(Cl)Cl)c2c(Cl)c(Br)ccc21. The van der Waals surface area contributed by atoms with Crippen LogP contribution in [0.4, 0.5) is 0 Å². The summed E-state index contributed by atoms with van der Waals surface area (Å²) in [4.78, 5) is 21.4. The molecular weight excluding hydrogens is 383 g/mol. The van der Waals surface area contributed by atoms with Crippen molar-refractivity contribution >= 4 is 78.3 Å². The second-order valence-electron chi connectivity index (χ2n) is 3.64. The van der Waals surface area contributed by atoms with E-state index in [4.69, 9.17) is 34.1 Å². The smallest absolute Gasteiger partial charge is 0.283 e. The highest BCUT2D eigenvalue weighted by Gasteiger charge is 2.40. The van der Waals surface area contributed by atoms with Crippen LogP contribution in [0, 0.1) is 0 Å². The van der Waals surface area contributed by atoms with Crippen LogP contribution in [0.3, 0.4) is 0 Å². The molecule has 0 bridgehead atoms. The second-order valence-corrected chi connectivity index (χ2v) is 9.78. The van der Waals surface area contributed by atoms with Crippen molar-refractivity contribution in [3.8, 4) is 0 Å². The number of aromatic nitrogens is 1. The molecule has 1 N–H and O–H groups in total. The summed E-state index contributed by atoms with van der Waals surface area (Å²) in [5.41, 5.74) is 0.561. The summed E-state index contributed by atoms with van der Waals surface area (Å²) in [5, 5.41) is 1.13. The zero-order chi connectivity index (χ0) is 13.7. The van der Waals surface area contributed by atoms with E-state index < -0.39 is 6.19 Å². The van der Waals surface area contributed by atoms with Crippen LogP contribution in [0.15, 0.2) is 22.8 Å². The molecule has 0 unspecified atom stereocenters. The summed E-state index contributed by atoms with van der Waals surface area (Å²) in [6.45, 7) is 1.40. The Kier molecular flexibility index (Phi) is 3.99. The molecule has 0 aliphatic carbocycles. The normalized spacial score (nSPS) is 12.1. The largest absolute Gasteiger partial charge is 0.370 e. The average Bonchev–Trinajstić information content (AvgIpc) is 2.63. The molecule has 0 aliphatic heterocycles. The second kappa shape index (κ2) is 4.93. The Morgan fingerprint density at radius 3 is 2.56 bits per heavy atom. The maximum absolute atomic E-state index is 11.5. The third-order valence-corrected chi connectivity index (χ3v) is 5.76. The summed E-state index contributed by atoms with van der Waals surface area (Å²) in [6.07, 6.45) is -1.88. The van der Waals surface area contributed by atoms with Crippen molar-refractivity contribution < 1.29 is 9.69 Å². The lowest BCUT2D eigenvalue weighted by atomic mass is 10.2. The molecule has 1 aromatic carbocycles. The average molecular weight is 390 g/mol. The first-order valence-corrected chi connectivity index (χ1v) is 9.47. The van der Waals surface area contributed by atoms with E-state index >= 15 is 0 Å². The molecule has 1 heterocycles. The standard InChI is InChI=1S/C10H7BrCl3NO2P/c1-5(16)15-4-8(18(13,14)17)9-7(15)3-2-6(11)10(9)12/h2-4,17H,1H3/q+1. The number of rotatable bonds is 1. The molecule has 0 radical (unpaired) electrons. The van der Waals surface area contributed by atoms with E-state index in [1.807, 2.05) is 0 Å². The molecule has 2 rings (SSSR count). The van der Waals surface area contributed by atoms with E-state index in [0.717, 1.165) is 0 Å². The Balaban J connectivity index is 2.95. The Morgan fingerprint density at radius 1 is 1.44 bits per heavy atom. The van der Waals surface area contributed by atoms with Gasteiger partial charge in [-0.05, 0) is 28.1 Å². The topological polar surface area (TPSA) is 42.2 Å². The summed E-state index contributed by atoms with van der Waals surface area (Å²) in [6, 6.07) is 3.42. The van der Waals surface area contributed by atoms with Gasteiger partial charge in [-0.1, -0.05) is 11.6 Å². The summed E-state index contributed by atoms with van der Waals surface area (Å²) >= 11 is 21.1. The summed E-state index contributed by atoms with van der Waals surface area (Å²) in [5.74, 6) is -0.216. The van der Waals surface area contributed by atoms with E-state index in [2.05, 4.69) is 15.9 Å². The summed E-state index contributed by atoms with van der Waals surface area (Å²) < 4.78 is 2.00. The van der Waals surface area contributed by atoms with Gasteiger partial charge in [-0.2, -0.15) is 0 Å². The molecule has 0 saturated carbocycles. The van der Waals surface area contributed by atoms with Gasteiger partial charge in [-0.25, -0.2) is 4.89 Å². The van der Waals surface area contributed by atoms with Crippen molar-refractivity contribution in [2.75, 3.05) is 0 Å². The number of fused-ring (bicyclic) bond motifs is 1. The molecule has 0 saturated heterocycles. The predicted octanol–water partition coefficient (Wildman–Crippen LogP) is 4.58. The quantitative estimate of drug-likeness (QED) is 0.725. The lowest BCUT2D eigenvalue weighted by molar-refractivity contribution is 0.0942. The lowest BCUT2D eigenvalue weighted by Crippen LogP contribution is -2.05. The van der Waals surface area contributed by atoms with Crippen molar-refractivity contribution in [3.63, 3.8) is 0 Å². The molecule has 0 spiro atoms. The number of benzene rings is 1. The van der Waals surface area contributed by atoms with Crippen molar-refractivity contribution in [2.24, 2.45) is 0 Å². The van der Waals surface area contributed by atoms with Crippen molar-refractivity contribution in [3.05, 3.63) is 27.8 Å². The molecule has 0 fully saturated rings. The maximum Gasteiger partial charge on any atom is 0.370 e. The first-order valence-electron chi connectivity index (χ1n) is 4.75. The first kappa shape index (κ1) is 14.6. The fraction of sp³-hybridized carbons (Fsp3) is 0.100. The zero-order valence-corrected chi connectivity index (χ0v) is 13.7. The third kappa shape index (κ3) is 2.43. The van der Waals surface area contributed by atoms with E-state index in [1.54, 1.807) is 12.1 Å². The molecule has 1 aromatic heterocycles. The highest BCUT2D eigenvalue weighted by molar-refractivity contribution is 9.10. The van der Waals surface area contributed by atoms with Crippen molar-refractivity contribution in [1.82, 2.24) is 4.57 Å². The first-order chi connectivity index (χ1) is 8.23. The molecule has 3 nitrogen and oxygen atoms in total. The summed E-state index contributed by atoms with van der Waals surface area (Å²) in [7, 11) is 0. The van der Waals surface area contributed by atoms with E-state index in [0.29, 0.717) is 20.4 Å². The van der Waals surface area contributed by atoms with Gasteiger partial charge < -0.3 is 0 Å². The van der Waals surface area contributed by atoms with Crippen LogP contribution in [0.2, 0.25) is 5.02 Å². The number of hydrogen-bond acceptors (Lipinski definition) is 2. The van der Waals surface area contributed by atoms with Crippen LogP contribution in [-0.4, -0.2) is 15.4 Å². The van der Waals surface area contributed by atoms with E-state index in [1.165, 1.54) is 17.7 Å². The fourth-order valence-corrected chi connectivity index (χ4v) is 3.88. The van der Waals surface area contributed by atoms with Crippen molar-refractivity contribution in [2.45, 2.75) is 6.92 Å². The van der Waals surface area contributed by atoms with Crippen LogP contribution in [0.25, 0.3) is 10.9 Å². The Bertz CT molecular complexity index is 651. The molecular formula is C10H7BrCl3NO2P+. The van der Waals surface area contributed by atoms with Gasteiger partial charge in [-0.3, -0.25) is 9.36 Å². The monoisotopic (exact) mass is 388 g/mol. The highest BCUT2D eigenvalue weighted by Crippen LogP contribution is 2.65. The van der Waals surface area contributed by atoms with Gasteiger partial charge >= 0.3 is 6.19 Å². The van der Waals surface area contributed by atoms with Gasteiger partial charge in [0.05, 0.1) is 22.1 Å². The minimum Gasteiger partial charge on any atom is -0.283 e. The number of carbonyl (C=O) groups is 1. The minimum atomic E-state index is -3.31. The van der Waals surface area contributed by atoms with Gasteiger partial charge in [0.1, 0.15) is 22.5 Å². The predicted molar refractivity (Wildman–Crippen MR) is 81.4 cm³/mol. The van der Waals surface area contributed by atoms with E-state index in [-0.39, 0.29) is 11.2 Å². The highest BCUT2D eigenvalue weighted by atomic mass is 79.9. The van der Waals surface area contributed by atoms with Gasteiger partial charge in [0.25, 0.3) is 0 Å². The molecule has 2 aromatic rings. The molecule has 0 amide bonds. The van der Waals surface area contributed by atoms with Gasteiger partial charge in [0.2, 0.25) is 5.91 Å². The zero-order valence-electron chi connectivity index (χ0n) is 8.99. The van der Waals surface area contributed by atoms with Gasteiger partial charge in [-0.15, -0.1) is 0 Å². The molecule has 8 heteroatoms. The number of nitrogens with zero attached hydrogens (tertiary/aromatic N) is 1. The van der Waals surface area contributed by atoms with E-state index in [9.17, 15) is 9.69 Å². The Labute approximate surface area is 127 Å². The third-order valence-electron chi connectivity index (χ3n) is 2.47. The Hall–Kier alpha value is 0.170. The maximum atomic E-state index is 11.5. The molecule has 18 heavy (non-hydrogen) atoms. The van der Waals surface area contributed by atoms with Crippen LogP contribution in [0.1, 0.15) is 11.7 Å². The lowest BCUT2D eigenvalue weighted by Gasteiger charge is -2.02. The van der Waals surface area contributed by atoms with Crippen molar-refractivity contribution in [1.29, 1.82) is 0 Å². The van der Waals surface area contributed by atoms with Crippen LogP contribution >= 0.6 is 56.2 Å². The number of halogens is 4. The number of hydrogen-bond donors (Lipinski definition) is 1. The van der Waals surface area contributed by atoms with Crippen LogP contribution in [0.5, 0.6) is 0 Å². The Morgan fingerprint density at radius 2 is 2.06 bits per heavy atom. The van der Waals surface area contributed by atoms with Gasteiger partial charge in [0.15, 0.2) is 5.30 Å². The fourth-order valence-electron chi connectivity index (χ4n) is 1.71. The molecule has 0 aliphatic rings. The number of carbonyl (C=O) groups excluding carboxylic acids is 1. The van der Waals surface area contributed by atoms with Crippen LogP contribution < -0.4 is 5.30 Å². The minimum absolute atomic E-state index is 0.216. The molecule has 96 valence electrons.